The van der Waals surface area contributed by atoms with Gasteiger partial charge in [-0.1, -0.05) is 41.5 Å². The Kier molecular flexibility index (Phi) is 15.1. The van der Waals surface area contributed by atoms with Crippen molar-refractivity contribution in [3.8, 4) is 0 Å². The van der Waals surface area contributed by atoms with Crippen LogP contribution >= 0.6 is 0 Å². The van der Waals surface area contributed by atoms with Crippen molar-refractivity contribution in [2.75, 3.05) is 72.0 Å². The monoisotopic (exact) mass is 612 g/mol. The third-order valence-electron chi connectivity index (χ3n) is 6.79. The maximum absolute atomic E-state index is 13.5. The van der Waals surface area contributed by atoms with E-state index in [0.29, 0.717) is 26.2 Å². The molecule has 252 valence electrons. The Morgan fingerprint density at radius 3 is 1.42 bits per heavy atom. The van der Waals surface area contributed by atoms with Crippen molar-refractivity contribution in [3.63, 3.8) is 0 Å². The maximum Gasteiger partial charge on any atom is 0.323 e. The molecule has 43 heavy (non-hydrogen) atoms. The summed E-state index contributed by atoms with van der Waals surface area (Å²) in [5.74, 6) is -1.62. The second-order valence-electron chi connectivity index (χ2n) is 16.6. The van der Waals surface area contributed by atoms with Gasteiger partial charge >= 0.3 is 17.9 Å². The molecule has 1 aliphatic rings. The van der Waals surface area contributed by atoms with Crippen molar-refractivity contribution in [2.24, 2.45) is 10.8 Å². The van der Waals surface area contributed by atoms with Gasteiger partial charge in [0.05, 0.1) is 6.54 Å². The van der Waals surface area contributed by atoms with Gasteiger partial charge < -0.3 is 24.4 Å². The molecular weight excluding hydrogens is 548 g/mol. The van der Waals surface area contributed by atoms with Crippen molar-refractivity contribution in [2.45, 2.75) is 113 Å². The van der Waals surface area contributed by atoms with Crippen molar-refractivity contribution < 1.29 is 29.0 Å². The molecule has 1 unspecified atom stereocenters. The normalized spacial score (nSPS) is 19.3. The highest BCUT2D eigenvalue weighted by molar-refractivity contribution is 5.77. The minimum Gasteiger partial charge on any atom is -0.481 e. The van der Waals surface area contributed by atoms with Crippen LogP contribution in [-0.2, 0) is 23.9 Å². The highest BCUT2D eigenvalue weighted by atomic mass is 16.6. The standard InChI is InChI=1S/C33H64N4O6/c1-30(2,3)24-35-16-15-34(23-28(40)42-32(7,8)9)19-21-37(22-20-36(18-17-35)25-31(4,5)6)26(13-14-27(38)39)29(41)43-33(10,11)12/h26H,13-25H2,1-12H3,(H,38,39). The lowest BCUT2D eigenvalue weighted by Gasteiger charge is -2.39. The summed E-state index contributed by atoms with van der Waals surface area (Å²) < 4.78 is 11.5. The highest BCUT2D eigenvalue weighted by Crippen LogP contribution is 2.20. The maximum atomic E-state index is 13.5. The first-order valence-corrected chi connectivity index (χ1v) is 16.0. The van der Waals surface area contributed by atoms with E-state index in [4.69, 9.17) is 9.47 Å². The van der Waals surface area contributed by atoms with Crippen LogP contribution in [-0.4, -0.2) is 132 Å². The predicted octanol–water partition coefficient (Wildman–Crippen LogP) is 4.22. The van der Waals surface area contributed by atoms with Crippen molar-refractivity contribution in [1.29, 1.82) is 0 Å². The highest BCUT2D eigenvalue weighted by Gasteiger charge is 2.32. The first-order chi connectivity index (χ1) is 19.4. The summed E-state index contributed by atoms with van der Waals surface area (Å²) in [6.07, 6.45) is 0.0322. The van der Waals surface area contributed by atoms with Crippen LogP contribution < -0.4 is 0 Å². The molecule has 1 saturated heterocycles. The quantitative estimate of drug-likeness (QED) is 0.381. The molecule has 0 aromatic carbocycles. The first kappa shape index (κ1) is 39.3. The summed E-state index contributed by atoms with van der Waals surface area (Å²) >= 11 is 0. The smallest absolute Gasteiger partial charge is 0.323 e. The lowest BCUT2D eigenvalue weighted by molar-refractivity contribution is -0.163. The summed E-state index contributed by atoms with van der Waals surface area (Å²) in [4.78, 5) is 47.1. The number of aliphatic carboxylic acids is 1. The molecule has 1 rings (SSSR count). The van der Waals surface area contributed by atoms with Gasteiger partial charge in [0.15, 0.2) is 0 Å². The molecule has 1 heterocycles. The molecule has 0 saturated carbocycles. The fraction of sp³-hybridized carbons (Fsp3) is 0.909. The zero-order chi connectivity index (χ0) is 33.2. The molecule has 0 aromatic rings. The summed E-state index contributed by atoms with van der Waals surface area (Å²) in [6.45, 7) is 32.1. The summed E-state index contributed by atoms with van der Waals surface area (Å²) in [5.41, 5.74) is -1.05. The van der Waals surface area contributed by atoms with Crippen LogP contribution in [0.15, 0.2) is 0 Å². The minimum absolute atomic E-state index is 0.0921. The third-order valence-corrected chi connectivity index (χ3v) is 6.79. The predicted molar refractivity (Wildman–Crippen MR) is 172 cm³/mol. The van der Waals surface area contributed by atoms with Gasteiger partial charge in [-0.05, 0) is 58.8 Å². The third kappa shape index (κ3) is 19.3. The van der Waals surface area contributed by atoms with E-state index in [1.807, 2.05) is 41.5 Å². The van der Waals surface area contributed by atoms with Gasteiger partial charge in [0.25, 0.3) is 0 Å². The number of carbonyl (C=O) groups excluding carboxylic acids is 2. The number of carboxylic acids is 1. The van der Waals surface area contributed by atoms with Crippen LogP contribution in [0.25, 0.3) is 0 Å². The molecule has 1 aliphatic heterocycles. The molecule has 10 heteroatoms. The number of carbonyl (C=O) groups is 3. The van der Waals surface area contributed by atoms with Gasteiger partial charge in [0.1, 0.15) is 17.2 Å². The summed E-state index contributed by atoms with van der Waals surface area (Å²) in [6, 6.07) is -0.699. The molecule has 0 aromatic heterocycles. The van der Waals surface area contributed by atoms with Crippen molar-refractivity contribution >= 4 is 17.9 Å². The van der Waals surface area contributed by atoms with Gasteiger partial charge in [-0.2, -0.15) is 0 Å². The fourth-order valence-corrected chi connectivity index (χ4v) is 5.32. The molecule has 0 radical (unpaired) electrons. The van der Waals surface area contributed by atoms with Crippen LogP contribution in [0.5, 0.6) is 0 Å². The Morgan fingerprint density at radius 1 is 0.628 bits per heavy atom. The summed E-state index contributed by atoms with van der Waals surface area (Å²) in [7, 11) is 0. The Morgan fingerprint density at radius 2 is 1.02 bits per heavy atom. The van der Waals surface area contributed by atoms with Gasteiger partial charge in [0.2, 0.25) is 0 Å². The molecule has 0 aliphatic carbocycles. The van der Waals surface area contributed by atoms with Crippen molar-refractivity contribution in [1.82, 2.24) is 19.6 Å². The van der Waals surface area contributed by atoms with E-state index >= 15 is 0 Å². The van der Waals surface area contributed by atoms with Crippen LogP contribution in [0.2, 0.25) is 0 Å². The topological polar surface area (TPSA) is 103 Å². The number of hydrogen-bond acceptors (Lipinski definition) is 9. The van der Waals surface area contributed by atoms with Gasteiger partial charge in [0, 0.05) is 71.9 Å². The van der Waals surface area contributed by atoms with E-state index in [2.05, 4.69) is 61.1 Å². The second-order valence-corrected chi connectivity index (χ2v) is 16.6. The van der Waals surface area contributed by atoms with E-state index in [-0.39, 0.29) is 36.2 Å². The average molecular weight is 613 g/mol. The first-order valence-electron chi connectivity index (χ1n) is 16.0. The second kappa shape index (κ2) is 16.5. The number of nitrogens with zero attached hydrogens (tertiary/aromatic N) is 4. The minimum atomic E-state index is -0.942. The zero-order valence-electron chi connectivity index (χ0n) is 29.5. The Bertz CT molecular complexity index is 882. The van der Waals surface area contributed by atoms with E-state index in [9.17, 15) is 19.5 Å². The Hall–Kier alpha value is -1.75. The Balaban J connectivity index is 3.41. The molecule has 0 spiro atoms. The molecule has 0 bridgehead atoms. The van der Waals surface area contributed by atoms with Gasteiger partial charge in [-0.25, -0.2) is 0 Å². The van der Waals surface area contributed by atoms with Crippen LogP contribution in [0, 0.1) is 10.8 Å². The Labute approximate surface area is 262 Å². The largest absolute Gasteiger partial charge is 0.481 e. The molecule has 1 atom stereocenters. The average Bonchev–Trinajstić information content (AvgIpc) is 2.75. The number of hydrogen-bond donors (Lipinski definition) is 1. The van der Waals surface area contributed by atoms with Crippen LogP contribution in [0.1, 0.15) is 95.9 Å². The van der Waals surface area contributed by atoms with Gasteiger partial charge in [-0.15, -0.1) is 0 Å². The number of rotatable bonds is 9. The number of carboxylic acid groups (broad SMARTS) is 1. The van der Waals surface area contributed by atoms with Crippen LogP contribution in [0.4, 0.5) is 0 Å². The molecule has 10 nitrogen and oxygen atoms in total. The summed E-state index contributed by atoms with van der Waals surface area (Å²) in [5, 5.41) is 9.49. The molecule has 1 N–H and O–H groups in total. The lowest BCUT2D eigenvalue weighted by Crippen LogP contribution is -2.53. The van der Waals surface area contributed by atoms with E-state index in [1.165, 1.54) is 0 Å². The van der Waals surface area contributed by atoms with E-state index in [1.54, 1.807) is 0 Å². The number of esters is 2. The van der Waals surface area contributed by atoms with E-state index in [0.717, 1.165) is 39.3 Å². The van der Waals surface area contributed by atoms with Crippen molar-refractivity contribution in [3.05, 3.63) is 0 Å². The molecular formula is C33H64N4O6. The molecule has 0 amide bonds. The SMILES string of the molecule is CC(C)(C)CN1CCN(CC(=O)OC(C)(C)C)CCN(C(CCC(=O)O)C(=O)OC(C)(C)C)CCN(CC(C)(C)C)CC1. The van der Waals surface area contributed by atoms with Gasteiger partial charge in [-0.3, -0.25) is 24.2 Å². The fourth-order valence-electron chi connectivity index (χ4n) is 5.32. The van der Waals surface area contributed by atoms with Crippen LogP contribution in [0.3, 0.4) is 0 Å². The lowest BCUT2D eigenvalue weighted by atomic mass is 9.95. The number of ether oxygens (including phenoxy) is 2. The van der Waals surface area contributed by atoms with E-state index < -0.39 is 29.2 Å². The zero-order valence-corrected chi connectivity index (χ0v) is 29.5. The molecule has 1 fully saturated rings.